The van der Waals surface area contributed by atoms with E-state index < -0.39 is 22.9 Å². The van der Waals surface area contributed by atoms with Gasteiger partial charge in [0.15, 0.2) is 17.6 Å². The molecule has 1 aliphatic heterocycles. The van der Waals surface area contributed by atoms with Crippen LogP contribution in [0, 0.1) is 10.1 Å². The third-order valence-corrected chi connectivity index (χ3v) is 4.71. The highest BCUT2D eigenvalue weighted by Gasteiger charge is 2.20. The number of thioether (sulfide) groups is 1. The van der Waals surface area contributed by atoms with Gasteiger partial charge in [0.25, 0.3) is 11.6 Å². The van der Waals surface area contributed by atoms with Crippen molar-refractivity contribution in [3.05, 3.63) is 52.6 Å². The average molecular weight is 404 g/mol. The number of hydrogen-bond acceptors (Lipinski definition) is 8. The molecule has 0 spiro atoms. The Hall–Kier alpha value is -3.27. The highest BCUT2D eigenvalue weighted by molar-refractivity contribution is 8.00. The van der Waals surface area contributed by atoms with Gasteiger partial charge in [-0.25, -0.2) is 0 Å². The summed E-state index contributed by atoms with van der Waals surface area (Å²) in [6.45, 7) is 1.60. The second kappa shape index (κ2) is 8.61. The van der Waals surface area contributed by atoms with E-state index in [4.69, 9.17) is 14.2 Å². The molecule has 2 aromatic rings. The Morgan fingerprint density at radius 3 is 2.64 bits per heavy atom. The van der Waals surface area contributed by atoms with Gasteiger partial charge in [-0.3, -0.25) is 19.7 Å². The van der Waals surface area contributed by atoms with Gasteiger partial charge in [-0.1, -0.05) is 0 Å². The summed E-state index contributed by atoms with van der Waals surface area (Å²) >= 11 is 1.16. The van der Waals surface area contributed by atoms with E-state index in [2.05, 4.69) is 5.32 Å². The number of amides is 1. The maximum atomic E-state index is 12.2. The van der Waals surface area contributed by atoms with E-state index in [1.165, 1.54) is 19.1 Å². The minimum atomic E-state index is -0.990. The summed E-state index contributed by atoms with van der Waals surface area (Å²) in [5.41, 5.74) is 0.471. The van der Waals surface area contributed by atoms with Crippen LogP contribution in [0.15, 0.2) is 47.4 Å². The molecule has 0 saturated carbocycles. The molecular weight excluding hydrogens is 388 g/mol. The second-order valence-electron chi connectivity index (χ2n) is 5.73. The standard InChI is InChI=1S/C18H16N2O7S/c1-11(18(22)19-12-2-7-15-16(8-12)26-10-25-15)27-17(21)9-28-14-5-3-13(4-6-14)20(23)24/h2-8,11H,9-10H2,1H3,(H,19,22)/t11-/m0/s1. The molecule has 1 heterocycles. The largest absolute Gasteiger partial charge is 0.454 e. The van der Waals surface area contributed by atoms with Crippen molar-refractivity contribution in [2.75, 3.05) is 17.9 Å². The summed E-state index contributed by atoms with van der Waals surface area (Å²) in [6, 6.07) is 10.8. The number of fused-ring (bicyclic) bond motifs is 1. The number of nitro groups is 1. The van der Waals surface area contributed by atoms with Gasteiger partial charge in [0.2, 0.25) is 6.79 Å². The lowest BCUT2D eigenvalue weighted by molar-refractivity contribution is -0.384. The smallest absolute Gasteiger partial charge is 0.317 e. The minimum absolute atomic E-state index is 0.0271. The number of non-ortho nitro benzene ring substituents is 1. The van der Waals surface area contributed by atoms with Gasteiger partial charge in [0.1, 0.15) is 0 Å². The van der Waals surface area contributed by atoms with Crippen LogP contribution >= 0.6 is 11.8 Å². The van der Waals surface area contributed by atoms with Crippen molar-refractivity contribution in [1.82, 2.24) is 0 Å². The summed E-state index contributed by atoms with van der Waals surface area (Å²) in [4.78, 5) is 34.9. The number of ether oxygens (including phenoxy) is 3. The zero-order valence-corrected chi connectivity index (χ0v) is 15.6. The van der Waals surface area contributed by atoms with E-state index in [1.54, 1.807) is 30.3 Å². The number of nitrogens with zero attached hydrogens (tertiary/aromatic N) is 1. The van der Waals surface area contributed by atoms with Gasteiger partial charge in [-0.05, 0) is 31.2 Å². The predicted molar refractivity (Wildman–Crippen MR) is 101 cm³/mol. The van der Waals surface area contributed by atoms with Gasteiger partial charge in [-0.15, -0.1) is 11.8 Å². The van der Waals surface area contributed by atoms with E-state index in [0.29, 0.717) is 22.1 Å². The quantitative estimate of drug-likeness (QED) is 0.324. The number of esters is 1. The fourth-order valence-electron chi connectivity index (χ4n) is 2.31. The molecular formula is C18H16N2O7S. The highest BCUT2D eigenvalue weighted by atomic mass is 32.2. The topological polar surface area (TPSA) is 117 Å². The molecule has 1 atom stereocenters. The monoisotopic (exact) mass is 404 g/mol. The molecule has 0 radical (unpaired) electrons. The first-order chi connectivity index (χ1) is 13.4. The lowest BCUT2D eigenvalue weighted by Gasteiger charge is -2.13. The second-order valence-corrected chi connectivity index (χ2v) is 6.78. The first-order valence-corrected chi connectivity index (χ1v) is 9.18. The van der Waals surface area contributed by atoms with E-state index in [0.717, 1.165) is 11.8 Å². The number of carbonyl (C=O) groups is 2. The molecule has 9 nitrogen and oxygen atoms in total. The number of rotatable bonds is 7. The van der Waals surface area contributed by atoms with Crippen LogP contribution in [0.1, 0.15) is 6.92 Å². The molecule has 1 N–H and O–H groups in total. The van der Waals surface area contributed by atoms with Crippen molar-refractivity contribution in [2.24, 2.45) is 0 Å². The highest BCUT2D eigenvalue weighted by Crippen LogP contribution is 2.34. The third-order valence-electron chi connectivity index (χ3n) is 3.72. The number of benzene rings is 2. The van der Waals surface area contributed by atoms with E-state index in [1.807, 2.05) is 0 Å². The first kappa shape index (κ1) is 19.5. The fraction of sp³-hybridized carbons (Fsp3) is 0.222. The Bertz CT molecular complexity index is 901. The Morgan fingerprint density at radius 1 is 1.21 bits per heavy atom. The van der Waals surface area contributed by atoms with Crippen molar-refractivity contribution in [1.29, 1.82) is 0 Å². The molecule has 1 amide bonds. The normalized spacial score (nSPS) is 12.9. The van der Waals surface area contributed by atoms with Crippen LogP contribution in [0.5, 0.6) is 11.5 Å². The molecule has 3 rings (SSSR count). The van der Waals surface area contributed by atoms with Crippen molar-refractivity contribution >= 4 is 35.0 Å². The van der Waals surface area contributed by atoms with Crippen molar-refractivity contribution in [3.63, 3.8) is 0 Å². The fourth-order valence-corrected chi connectivity index (χ4v) is 2.99. The third kappa shape index (κ3) is 4.92. The van der Waals surface area contributed by atoms with Gasteiger partial charge in [0.05, 0.1) is 10.7 Å². The molecule has 146 valence electrons. The zero-order chi connectivity index (χ0) is 20.1. The molecule has 1 aliphatic rings. The van der Waals surface area contributed by atoms with Crippen LogP contribution in [0.4, 0.5) is 11.4 Å². The summed E-state index contributed by atoms with van der Waals surface area (Å²) in [5.74, 6) is 0.0475. The maximum Gasteiger partial charge on any atom is 0.317 e. The molecule has 0 aromatic heterocycles. The maximum absolute atomic E-state index is 12.2. The minimum Gasteiger partial charge on any atom is -0.454 e. The lowest BCUT2D eigenvalue weighted by atomic mass is 10.2. The molecule has 0 fully saturated rings. The molecule has 28 heavy (non-hydrogen) atoms. The Balaban J connectivity index is 1.46. The van der Waals surface area contributed by atoms with Gasteiger partial charge in [0, 0.05) is 28.8 Å². The number of anilines is 1. The molecule has 10 heteroatoms. The van der Waals surface area contributed by atoms with Crippen molar-refractivity contribution in [2.45, 2.75) is 17.9 Å². The molecule has 2 aromatic carbocycles. The number of nitro benzene ring substituents is 1. The summed E-state index contributed by atoms with van der Waals surface area (Å²) in [5, 5.41) is 13.3. The van der Waals surface area contributed by atoms with E-state index in [9.17, 15) is 19.7 Å². The predicted octanol–water partition coefficient (Wildman–Crippen LogP) is 2.99. The van der Waals surface area contributed by atoms with Gasteiger partial charge in [-0.2, -0.15) is 0 Å². The van der Waals surface area contributed by atoms with Crippen LogP contribution in [0.3, 0.4) is 0 Å². The summed E-state index contributed by atoms with van der Waals surface area (Å²) < 4.78 is 15.6. The molecule has 0 saturated heterocycles. The number of hydrogen-bond donors (Lipinski definition) is 1. The van der Waals surface area contributed by atoms with Crippen molar-refractivity contribution < 1.29 is 28.7 Å². The van der Waals surface area contributed by atoms with E-state index in [-0.39, 0.29) is 18.2 Å². The zero-order valence-electron chi connectivity index (χ0n) is 14.7. The van der Waals surface area contributed by atoms with Gasteiger partial charge >= 0.3 is 5.97 Å². The van der Waals surface area contributed by atoms with Crippen molar-refractivity contribution in [3.8, 4) is 11.5 Å². The van der Waals surface area contributed by atoms with Crippen LogP contribution in [0.2, 0.25) is 0 Å². The van der Waals surface area contributed by atoms with Gasteiger partial charge < -0.3 is 19.5 Å². The first-order valence-electron chi connectivity index (χ1n) is 8.19. The Kier molecular flexibility index (Phi) is 5.99. The van der Waals surface area contributed by atoms with Crippen LogP contribution in [0.25, 0.3) is 0 Å². The SMILES string of the molecule is C[C@H](OC(=O)CSc1ccc([N+](=O)[O-])cc1)C(=O)Nc1ccc2c(c1)OCO2. The van der Waals surface area contributed by atoms with Crippen LogP contribution in [-0.4, -0.2) is 35.4 Å². The molecule has 0 bridgehead atoms. The van der Waals surface area contributed by atoms with Crippen LogP contribution < -0.4 is 14.8 Å². The van der Waals surface area contributed by atoms with E-state index >= 15 is 0 Å². The molecule has 0 unspecified atom stereocenters. The Labute approximate surface area is 164 Å². The Morgan fingerprint density at radius 2 is 1.93 bits per heavy atom. The van der Waals surface area contributed by atoms with Crippen LogP contribution in [-0.2, 0) is 14.3 Å². The average Bonchev–Trinajstić information content (AvgIpc) is 3.14. The summed E-state index contributed by atoms with van der Waals surface area (Å²) in [6.07, 6.45) is -0.990. The lowest BCUT2D eigenvalue weighted by Crippen LogP contribution is -2.30. The summed E-state index contributed by atoms with van der Waals surface area (Å²) in [7, 11) is 0. The molecule has 0 aliphatic carbocycles. The number of carbonyl (C=O) groups excluding carboxylic acids is 2. The number of nitrogens with one attached hydrogen (secondary N) is 1.